The minimum absolute atomic E-state index is 0. The first-order valence-electron chi connectivity index (χ1n) is 7.35. The summed E-state index contributed by atoms with van der Waals surface area (Å²) >= 11 is 2.19. The Morgan fingerprint density at radius 1 is 1.21 bits per heavy atom. The fraction of sp³-hybridized carbons (Fsp3) is 0.250. The van der Waals surface area contributed by atoms with E-state index in [9.17, 15) is 8.78 Å². The van der Waals surface area contributed by atoms with Gasteiger partial charge in [0.1, 0.15) is 17.5 Å². The summed E-state index contributed by atoms with van der Waals surface area (Å²) in [5.41, 5.74) is 1.17. The highest BCUT2D eigenvalue weighted by atomic mass is 127. The second-order valence-electron chi connectivity index (χ2n) is 5.56. The molecule has 1 aliphatic heterocycles. The minimum Gasteiger partial charge on any atom is -0.349 e. The molecule has 0 amide bonds. The van der Waals surface area contributed by atoms with E-state index in [1.165, 1.54) is 12.1 Å². The predicted molar refractivity (Wildman–Crippen MR) is 98.6 cm³/mol. The van der Waals surface area contributed by atoms with Gasteiger partial charge in [-0.05, 0) is 59.7 Å². The summed E-state index contributed by atoms with van der Waals surface area (Å²) in [6.45, 7) is 0.772. The Morgan fingerprint density at radius 2 is 2.04 bits per heavy atom. The third-order valence-corrected chi connectivity index (χ3v) is 4.94. The Bertz CT molecular complexity index is 886. The van der Waals surface area contributed by atoms with Gasteiger partial charge < -0.3 is 4.90 Å². The molecule has 0 radical (unpaired) electrons. The van der Waals surface area contributed by atoms with Gasteiger partial charge in [0.25, 0.3) is 0 Å². The molecule has 0 N–H and O–H groups in total. The maximum atomic E-state index is 14.1. The Kier molecular flexibility index (Phi) is 4.91. The van der Waals surface area contributed by atoms with Crippen molar-refractivity contribution >= 4 is 46.5 Å². The average Bonchev–Trinajstić information content (AvgIpc) is 3.17. The van der Waals surface area contributed by atoms with Crippen LogP contribution in [0.25, 0.3) is 5.65 Å². The number of anilines is 1. The first-order valence-corrected chi connectivity index (χ1v) is 8.43. The number of halogens is 4. The lowest BCUT2D eigenvalue weighted by Crippen LogP contribution is -2.24. The molecule has 0 saturated carbocycles. The summed E-state index contributed by atoms with van der Waals surface area (Å²) in [6, 6.07) is 5.31. The Hall–Kier alpha value is -1.48. The zero-order valence-corrected chi connectivity index (χ0v) is 15.5. The van der Waals surface area contributed by atoms with Crippen LogP contribution >= 0.6 is 35.0 Å². The van der Waals surface area contributed by atoms with Crippen LogP contribution in [0, 0.1) is 15.2 Å². The van der Waals surface area contributed by atoms with Gasteiger partial charge in [0.15, 0.2) is 5.65 Å². The lowest BCUT2D eigenvalue weighted by Gasteiger charge is -2.26. The van der Waals surface area contributed by atoms with Gasteiger partial charge in [-0.2, -0.15) is 5.10 Å². The van der Waals surface area contributed by atoms with Crippen LogP contribution in [0.3, 0.4) is 0 Å². The molecule has 0 unspecified atom stereocenters. The number of nitrogens with zero attached hydrogens (tertiary/aromatic N) is 4. The topological polar surface area (TPSA) is 33.4 Å². The van der Waals surface area contributed by atoms with Gasteiger partial charge >= 0.3 is 0 Å². The monoisotopic (exact) mass is 462 g/mol. The summed E-state index contributed by atoms with van der Waals surface area (Å²) in [4.78, 5) is 6.69. The molecule has 4 nitrogen and oxygen atoms in total. The fourth-order valence-corrected chi connectivity index (χ4v) is 3.62. The number of benzene rings is 1. The lowest BCUT2D eigenvalue weighted by atomic mass is 10.0. The van der Waals surface area contributed by atoms with E-state index in [4.69, 9.17) is 0 Å². The van der Waals surface area contributed by atoms with Crippen molar-refractivity contribution in [1.82, 2.24) is 14.6 Å². The van der Waals surface area contributed by atoms with E-state index in [0.29, 0.717) is 5.56 Å². The number of rotatable bonds is 2. The molecule has 0 spiro atoms. The Labute approximate surface area is 157 Å². The van der Waals surface area contributed by atoms with E-state index in [1.54, 1.807) is 10.7 Å². The van der Waals surface area contributed by atoms with Crippen molar-refractivity contribution in [2.75, 3.05) is 11.4 Å². The molecule has 1 aliphatic rings. The first-order chi connectivity index (χ1) is 11.1. The van der Waals surface area contributed by atoms with E-state index in [0.717, 1.165) is 40.5 Å². The van der Waals surface area contributed by atoms with Crippen molar-refractivity contribution < 1.29 is 8.78 Å². The van der Waals surface area contributed by atoms with Crippen LogP contribution in [0.5, 0.6) is 0 Å². The third-order valence-electron chi connectivity index (χ3n) is 4.18. The fourth-order valence-electron chi connectivity index (χ4n) is 3.13. The van der Waals surface area contributed by atoms with E-state index >= 15 is 0 Å². The molecule has 1 fully saturated rings. The average molecular weight is 463 g/mol. The van der Waals surface area contributed by atoms with Crippen LogP contribution in [0.1, 0.15) is 24.4 Å². The molecule has 3 aromatic rings. The Morgan fingerprint density at radius 3 is 2.88 bits per heavy atom. The molecule has 24 heavy (non-hydrogen) atoms. The molecule has 2 aromatic heterocycles. The molecule has 3 heterocycles. The van der Waals surface area contributed by atoms with E-state index in [2.05, 4.69) is 32.7 Å². The second-order valence-corrected chi connectivity index (χ2v) is 6.73. The zero-order valence-electron chi connectivity index (χ0n) is 12.5. The normalized spacial score (nSPS) is 17.3. The SMILES string of the molecule is Cl.Fc1ccc(F)c([C@H]2CCCN2c2ccn3ncc(I)c3n2)c1. The van der Waals surface area contributed by atoms with Crippen LogP contribution < -0.4 is 4.90 Å². The maximum Gasteiger partial charge on any atom is 0.170 e. The molecule has 1 atom stereocenters. The van der Waals surface area contributed by atoms with Gasteiger partial charge in [0, 0.05) is 18.3 Å². The number of hydrogen-bond acceptors (Lipinski definition) is 3. The molecular weight excluding hydrogens is 449 g/mol. The van der Waals surface area contributed by atoms with Gasteiger partial charge in [-0.15, -0.1) is 12.4 Å². The molecule has 1 aromatic carbocycles. The third kappa shape index (κ3) is 2.95. The van der Waals surface area contributed by atoms with Crippen LogP contribution in [-0.2, 0) is 0 Å². The minimum atomic E-state index is -0.415. The van der Waals surface area contributed by atoms with Gasteiger partial charge in [0.2, 0.25) is 0 Å². The number of fused-ring (bicyclic) bond motifs is 1. The van der Waals surface area contributed by atoms with E-state index in [-0.39, 0.29) is 24.3 Å². The van der Waals surface area contributed by atoms with Crippen LogP contribution in [-0.4, -0.2) is 21.1 Å². The van der Waals surface area contributed by atoms with Crippen molar-refractivity contribution in [3.8, 4) is 0 Å². The zero-order chi connectivity index (χ0) is 16.0. The van der Waals surface area contributed by atoms with Crippen LogP contribution in [0.4, 0.5) is 14.6 Å². The summed E-state index contributed by atoms with van der Waals surface area (Å²) in [6.07, 6.45) is 5.30. The summed E-state index contributed by atoms with van der Waals surface area (Å²) in [5.74, 6) is -0.0209. The Balaban J connectivity index is 0.00000169. The first kappa shape index (κ1) is 17.3. The smallest absolute Gasteiger partial charge is 0.170 e. The second kappa shape index (κ2) is 6.79. The highest BCUT2D eigenvalue weighted by Gasteiger charge is 2.29. The lowest BCUT2D eigenvalue weighted by molar-refractivity contribution is 0.560. The molecule has 8 heteroatoms. The molecular formula is C16H14ClF2IN4. The summed E-state index contributed by atoms with van der Waals surface area (Å²) < 4.78 is 30.3. The highest BCUT2D eigenvalue weighted by Crippen LogP contribution is 2.36. The van der Waals surface area contributed by atoms with Gasteiger partial charge in [-0.25, -0.2) is 18.3 Å². The van der Waals surface area contributed by atoms with Gasteiger partial charge in [-0.3, -0.25) is 0 Å². The number of hydrogen-bond donors (Lipinski definition) is 0. The van der Waals surface area contributed by atoms with Crippen LogP contribution in [0.15, 0.2) is 36.7 Å². The predicted octanol–water partition coefficient (Wildman–Crippen LogP) is 4.38. The van der Waals surface area contributed by atoms with Crippen molar-refractivity contribution in [2.24, 2.45) is 0 Å². The molecule has 126 valence electrons. The maximum absolute atomic E-state index is 14.1. The standard InChI is InChI=1S/C16H13F2IN4.ClH/c17-10-3-4-12(18)11(8-10)14-2-1-6-22(14)15-5-7-23-16(21-15)13(19)9-20-23;/h3-5,7-9,14H,1-2,6H2;1H/t14-;/m1./s1. The van der Waals surface area contributed by atoms with Crippen LogP contribution in [0.2, 0.25) is 0 Å². The molecule has 0 bridgehead atoms. The summed E-state index contributed by atoms with van der Waals surface area (Å²) in [5, 5.41) is 4.21. The van der Waals surface area contributed by atoms with Crippen molar-refractivity contribution in [3.63, 3.8) is 0 Å². The van der Waals surface area contributed by atoms with Gasteiger partial charge in [-0.1, -0.05) is 0 Å². The van der Waals surface area contributed by atoms with Crippen molar-refractivity contribution in [1.29, 1.82) is 0 Å². The molecule has 1 saturated heterocycles. The van der Waals surface area contributed by atoms with E-state index < -0.39 is 5.82 Å². The quantitative estimate of drug-likeness (QED) is 0.530. The van der Waals surface area contributed by atoms with E-state index in [1.807, 2.05) is 17.2 Å². The largest absolute Gasteiger partial charge is 0.349 e. The van der Waals surface area contributed by atoms with Crippen molar-refractivity contribution in [2.45, 2.75) is 18.9 Å². The highest BCUT2D eigenvalue weighted by molar-refractivity contribution is 14.1. The summed E-state index contributed by atoms with van der Waals surface area (Å²) in [7, 11) is 0. The number of aromatic nitrogens is 3. The van der Waals surface area contributed by atoms with Gasteiger partial charge in [0.05, 0.1) is 15.8 Å². The molecule has 4 rings (SSSR count). The molecule has 0 aliphatic carbocycles. The van der Waals surface area contributed by atoms with Crippen molar-refractivity contribution in [3.05, 3.63) is 57.4 Å².